The zero-order chi connectivity index (χ0) is 18.2. The van der Waals surface area contributed by atoms with E-state index in [9.17, 15) is 23.4 Å². The molecular formula is C16H18N2O5S2. The number of hydrogen-bond donors (Lipinski definition) is 4. The Kier molecular flexibility index (Phi) is 4.92. The number of benzene rings is 2. The highest BCUT2D eigenvalue weighted by molar-refractivity contribution is 7.89. The lowest BCUT2D eigenvalue weighted by molar-refractivity contribution is 0.0694. The zero-order valence-electron chi connectivity index (χ0n) is 13.2. The predicted molar refractivity (Wildman–Crippen MR) is 96.7 cm³/mol. The summed E-state index contributed by atoms with van der Waals surface area (Å²) in [6.45, 7) is 1.55. The Hall–Kier alpha value is -1.81. The lowest BCUT2D eigenvalue weighted by Gasteiger charge is -2.17. The number of aromatic carboxylic acids is 1. The summed E-state index contributed by atoms with van der Waals surface area (Å²) in [6, 6.07) is 7.26. The average Bonchev–Trinajstić information content (AvgIpc) is 2.98. The zero-order valence-corrected chi connectivity index (χ0v) is 14.9. The first-order valence-electron chi connectivity index (χ1n) is 7.67. The maximum Gasteiger partial charge on any atom is 0.339 e. The second kappa shape index (κ2) is 6.83. The molecule has 9 heteroatoms. The maximum absolute atomic E-state index is 12.7. The van der Waals surface area contributed by atoms with Crippen molar-refractivity contribution in [2.24, 2.45) is 0 Å². The number of carboxylic acids is 1. The molecule has 0 saturated carbocycles. The van der Waals surface area contributed by atoms with E-state index >= 15 is 0 Å². The number of likely N-dealkylation sites (tertiary alicyclic amines) is 1. The van der Waals surface area contributed by atoms with Crippen LogP contribution in [0.3, 0.4) is 0 Å². The van der Waals surface area contributed by atoms with Crippen LogP contribution in [0.2, 0.25) is 0 Å². The number of nitrogens with zero attached hydrogens (tertiary/aromatic N) is 1. The second-order valence-corrected chi connectivity index (χ2v) is 8.41. The largest absolute Gasteiger partial charge is 0.506 e. The van der Waals surface area contributed by atoms with Crippen molar-refractivity contribution in [3.8, 4) is 5.75 Å². The number of fused-ring (bicyclic) bond motifs is 1. The van der Waals surface area contributed by atoms with Crippen molar-refractivity contribution in [2.75, 3.05) is 19.8 Å². The number of rotatable bonds is 5. The maximum atomic E-state index is 12.7. The van der Waals surface area contributed by atoms with Crippen LogP contribution in [0.4, 0.5) is 0 Å². The molecule has 0 amide bonds. The van der Waals surface area contributed by atoms with Crippen molar-refractivity contribution in [2.45, 2.75) is 16.6 Å². The molecule has 3 N–H and O–H groups in total. The molecule has 2 aromatic rings. The van der Waals surface area contributed by atoms with Crippen molar-refractivity contribution >= 4 is 39.4 Å². The number of nitrogens with one attached hydrogen (secondary N) is 1. The number of aromatic hydroxyl groups is 1. The molecule has 134 valence electrons. The van der Waals surface area contributed by atoms with Crippen molar-refractivity contribution in [1.29, 1.82) is 0 Å². The van der Waals surface area contributed by atoms with Crippen LogP contribution in [0.5, 0.6) is 5.75 Å². The van der Waals surface area contributed by atoms with Gasteiger partial charge < -0.3 is 10.2 Å². The first kappa shape index (κ1) is 18.0. The number of hydrogen-bond acceptors (Lipinski definition) is 6. The van der Waals surface area contributed by atoms with Crippen molar-refractivity contribution in [3.05, 3.63) is 35.9 Å². The third-order valence-corrected chi connectivity index (χ3v) is 6.07. The first-order chi connectivity index (χ1) is 11.8. The number of sulfonamides is 1. The van der Waals surface area contributed by atoms with E-state index in [0.29, 0.717) is 6.54 Å². The van der Waals surface area contributed by atoms with Crippen LogP contribution in [0.25, 0.3) is 10.8 Å². The van der Waals surface area contributed by atoms with E-state index in [-0.39, 0.29) is 27.6 Å². The van der Waals surface area contributed by atoms with Gasteiger partial charge in [0, 0.05) is 29.1 Å². The third-order valence-electron chi connectivity index (χ3n) is 4.22. The molecule has 1 aliphatic rings. The fraction of sp³-hybridized carbons (Fsp3) is 0.312. The van der Waals surface area contributed by atoms with Crippen molar-refractivity contribution in [1.82, 2.24) is 9.62 Å². The molecule has 2 aromatic carbocycles. The molecule has 0 aliphatic carbocycles. The summed E-state index contributed by atoms with van der Waals surface area (Å²) in [5.74, 6) is -1.84. The van der Waals surface area contributed by atoms with Crippen molar-refractivity contribution in [3.63, 3.8) is 0 Å². The SMILES string of the molecule is O=C(O)c1cc(S(=O)(=O)NCN2CC[C@H](S)C2)c2ccccc2c1O. The highest BCUT2D eigenvalue weighted by atomic mass is 32.2. The number of phenols is 1. The Morgan fingerprint density at radius 1 is 1.32 bits per heavy atom. The first-order valence-corrected chi connectivity index (χ1v) is 9.67. The van der Waals surface area contributed by atoms with Gasteiger partial charge >= 0.3 is 5.97 Å². The molecule has 0 radical (unpaired) electrons. The van der Waals surface area contributed by atoms with Gasteiger partial charge in [0.1, 0.15) is 11.3 Å². The Labute approximate surface area is 150 Å². The molecule has 0 unspecified atom stereocenters. The van der Waals surface area contributed by atoms with Crippen LogP contribution in [0, 0.1) is 0 Å². The molecule has 0 spiro atoms. The predicted octanol–water partition coefficient (Wildman–Crippen LogP) is 1.48. The van der Waals surface area contributed by atoms with Gasteiger partial charge in [0.05, 0.1) is 11.6 Å². The molecule has 0 aromatic heterocycles. The van der Waals surface area contributed by atoms with E-state index < -0.39 is 27.3 Å². The molecule has 1 aliphatic heterocycles. The lowest BCUT2D eigenvalue weighted by Crippen LogP contribution is -2.36. The van der Waals surface area contributed by atoms with E-state index in [1.54, 1.807) is 12.1 Å². The number of carbonyl (C=O) groups is 1. The molecule has 7 nitrogen and oxygen atoms in total. The van der Waals surface area contributed by atoms with Gasteiger partial charge in [-0.3, -0.25) is 4.90 Å². The van der Waals surface area contributed by atoms with Crippen LogP contribution >= 0.6 is 12.6 Å². The number of carboxylic acid groups (broad SMARTS) is 1. The summed E-state index contributed by atoms with van der Waals surface area (Å²) in [6.07, 6.45) is 0.885. The molecule has 1 heterocycles. The summed E-state index contributed by atoms with van der Waals surface area (Å²) in [5.41, 5.74) is -0.448. The topological polar surface area (TPSA) is 107 Å². The minimum Gasteiger partial charge on any atom is -0.506 e. The summed E-state index contributed by atoms with van der Waals surface area (Å²) in [5, 5.41) is 20.1. The molecule has 0 bridgehead atoms. The minimum absolute atomic E-state index is 0.122. The van der Waals surface area contributed by atoms with Crippen LogP contribution in [-0.4, -0.2) is 54.5 Å². The Balaban J connectivity index is 2.01. The van der Waals surface area contributed by atoms with E-state index in [2.05, 4.69) is 17.4 Å². The highest BCUT2D eigenvalue weighted by Gasteiger charge is 2.25. The van der Waals surface area contributed by atoms with Crippen LogP contribution < -0.4 is 4.72 Å². The lowest BCUT2D eigenvalue weighted by atomic mass is 10.1. The molecule has 3 rings (SSSR count). The average molecular weight is 382 g/mol. The van der Waals surface area contributed by atoms with Gasteiger partial charge in [-0.05, 0) is 12.5 Å². The fourth-order valence-electron chi connectivity index (χ4n) is 2.92. The van der Waals surface area contributed by atoms with E-state index in [1.807, 2.05) is 4.90 Å². The molecule has 1 saturated heterocycles. The van der Waals surface area contributed by atoms with E-state index in [0.717, 1.165) is 19.0 Å². The summed E-state index contributed by atoms with van der Waals surface area (Å²) in [7, 11) is -3.96. The molecular weight excluding hydrogens is 364 g/mol. The molecule has 1 atom stereocenters. The summed E-state index contributed by atoms with van der Waals surface area (Å²) in [4.78, 5) is 13.1. The third kappa shape index (κ3) is 3.59. The second-order valence-electron chi connectivity index (χ2n) is 5.95. The van der Waals surface area contributed by atoms with Gasteiger partial charge in [0.15, 0.2) is 0 Å². The van der Waals surface area contributed by atoms with Crippen LogP contribution in [0.15, 0.2) is 35.2 Å². The van der Waals surface area contributed by atoms with Crippen molar-refractivity contribution < 1.29 is 23.4 Å². The van der Waals surface area contributed by atoms with Gasteiger partial charge in [0.25, 0.3) is 0 Å². The van der Waals surface area contributed by atoms with Gasteiger partial charge in [-0.2, -0.15) is 17.4 Å². The molecule has 25 heavy (non-hydrogen) atoms. The Bertz CT molecular complexity index is 930. The summed E-state index contributed by atoms with van der Waals surface area (Å²) < 4.78 is 28.0. The standard InChI is InChI=1S/C16H18N2O5S2/c19-15-12-4-2-1-3-11(12)14(7-13(15)16(20)21)25(22,23)17-9-18-6-5-10(24)8-18/h1-4,7,10,17,19,24H,5-6,8-9H2,(H,20,21)/t10-/m0/s1. The monoisotopic (exact) mass is 382 g/mol. The van der Waals surface area contributed by atoms with Gasteiger partial charge in [-0.1, -0.05) is 24.3 Å². The Morgan fingerprint density at radius 2 is 2.00 bits per heavy atom. The van der Waals surface area contributed by atoms with E-state index in [4.69, 9.17) is 0 Å². The van der Waals surface area contributed by atoms with Crippen LogP contribution in [-0.2, 0) is 10.0 Å². The quantitative estimate of drug-likeness (QED) is 0.584. The molecule has 1 fully saturated rings. The van der Waals surface area contributed by atoms with E-state index in [1.165, 1.54) is 12.1 Å². The van der Waals surface area contributed by atoms with Crippen LogP contribution in [0.1, 0.15) is 16.8 Å². The Morgan fingerprint density at radius 3 is 2.60 bits per heavy atom. The van der Waals surface area contributed by atoms with Gasteiger partial charge in [0.2, 0.25) is 10.0 Å². The summed E-state index contributed by atoms with van der Waals surface area (Å²) >= 11 is 4.37. The smallest absolute Gasteiger partial charge is 0.339 e. The van der Waals surface area contributed by atoms with Gasteiger partial charge in [-0.15, -0.1) is 0 Å². The highest BCUT2D eigenvalue weighted by Crippen LogP contribution is 2.34. The fourth-order valence-corrected chi connectivity index (χ4v) is 4.52. The van der Waals surface area contributed by atoms with Gasteiger partial charge in [-0.25, -0.2) is 13.2 Å². The normalized spacial score (nSPS) is 18.7. The minimum atomic E-state index is -3.96. The number of thiol groups is 1.